The zero-order valence-corrected chi connectivity index (χ0v) is 11.9. The smallest absolute Gasteiger partial charge is 0.231 e. The molecule has 0 spiro atoms. The Morgan fingerprint density at radius 2 is 1.86 bits per heavy atom. The molecule has 0 bridgehead atoms. The molecule has 1 atom stereocenters. The fourth-order valence-corrected chi connectivity index (χ4v) is 2.21. The van der Waals surface area contributed by atoms with Crippen LogP contribution in [0.15, 0.2) is 42.5 Å². The van der Waals surface area contributed by atoms with Crippen molar-refractivity contribution >= 4 is 0 Å². The first-order valence-corrected chi connectivity index (χ1v) is 7.05. The van der Waals surface area contributed by atoms with Gasteiger partial charge in [0, 0.05) is 0 Å². The van der Waals surface area contributed by atoms with Crippen LogP contribution in [0.1, 0.15) is 24.2 Å². The van der Waals surface area contributed by atoms with Gasteiger partial charge < -0.3 is 19.3 Å². The average molecular weight is 286 g/mol. The topological polar surface area (TPSA) is 47.9 Å². The summed E-state index contributed by atoms with van der Waals surface area (Å²) in [5.41, 5.74) is 2.02. The van der Waals surface area contributed by atoms with Gasteiger partial charge in [-0.05, 0) is 41.8 Å². The standard InChI is InChI=1S/C17H18O4/c1-2-12-3-6-14(7-4-12)19-10-15(18)13-5-8-16-17(9-13)21-11-20-16/h3-9,15,18H,2,10-11H2,1H3. The fraction of sp³-hybridized carbons (Fsp3) is 0.294. The molecule has 21 heavy (non-hydrogen) atoms. The molecule has 0 aliphatic carbocycles. The average Bonchev–Trinajstić information content (AvgIpc) is 3.00. The van der Waals surface area contributed by atoms with Crippen LogP contribution in [0.4, 0.5) is 0 Å². The summed E-state index contributed by atoms with van der Waals surface area (Å²) in [5.74, 6) is 2.13. The molecular weight excluding hydrogens is 268 g/mol. The van der Waals surface area contributed by atoms with Crippen molar-refractivity contribution < 1.29 is 19.3 Å². The molecule has 110 valence electrons. The molecule has 1 unspecified atom stereocenters. The molecule has 4 nitrogen and oxygen atoms in total. The van der Waals surface area contributed by atoms with Crippen molar-refractivity contribution in [2.45, 2.75) is 19.4 Å². The highest BCUT2D eigenvalue weighted by Crippen LogP contribution is 2.34. The summed E-state index contributed by atoms with van der Waals surface area (Å²) in [7, 11) is 0. The van der Waals surface area contributed by atoms with Gasteiger partial charge in [-0.15, -0.1) is 0 Å². The van der Waals surface area contributed by atoms with Crippen molar-refractivity contribution in [3.8, 4) is 17.2 Å². The maximum absolute atomic E-state index is 10.2. The zero-order chi connectivity index (χ0) is 14.7. The van der Waals surface area contributed by atoms with E-state index in [0.29, 0.717) is 11.5 Å². The Morgan fingerprint density at radius 1 is 1.10 bits per heavy atom. The Kier molecular flexibility index (Phi) is 3.97. The maximum atomic E-state index is 10.2. The Balaban J connectivity index is 1.61. The Morgan fingerprint density at radius 3 is 2.62 bits per heavy atom. The number of aliphatic hydroxyl groups excluding tert-OH is 1. The number of benzene rings is 2. The summed E-state index contributed by atoms with van der Waals surface area (Å²) >= 11 is 0. The van der Waals surface area contributed by atoms with Crippen LogP contribution in [0.2, 0.25) is 0 Å². The van der Waals surface area contributed by atoms with Crippen LogP contribution in [-0.2, 0) is 6.42 Å². The first kappa shape index (κ1) is 13.8. The molecule has 0 amide bonds. The predicted molar refractivity (Wildman–Crippen MR) is 78.8 cm³/mol. The van der Waals surface area contributed by atoms with E-state index in [1.165, 1.54) is 5.56 Å². The summed E-state index contributed by atoms with van der Waals surface area (Å²) in [5, 5.41) is 10.2. The van der Waals surface area contributed by atoms with Crippen molar-refractivity contribution in [3.63, 3.8) is 0 Å². The maximum Gasteiger partial charge on any atom is 0.231 e. The van der Waals surface area contributed by atoms with Crippen molar-refractivity contribution in [2.75, 3.05) is 13.4 Å². The zero-order valence-electron chi connectivity index (χ0n) is 11.9. The van der Waals surface area contributed by atoms with E-state index in [-0.39, 0.29) is 13.4 Å². The van der Waals surface area contributed by atoms with Gasteiger partial charge in [-0.2, -0.15) is 0 Å². The third kappa shape index (κ3) is 3.11. The lowest BCUT2D eigenvalue weighted by Crippen LogP contribution is -2.09. The summed E-state index contributed by atoms with van der Waals surface area (Å²) in [4.78, 5) is 0. The lowest BCUT2D eigenvalue weighted by atomic mass is 10.1. The minimum atomic E-state index is -0.703. The van der Waals surface area contributed by atoms with E-state index in [2.05, 4.69) is 6.92 Å². The van der Waals surface area contributed by atoms with Crippen molar-refractivity contribution in [3.05, 3.63) is 53.6 Å². The largest absolute Gasteiger partial charge is 0.491 e. The monoisotopic (exact) mass is 286 g/mol. The van der Waals surface area contributed by atoms with Gasteiger partial charge in [0.1, 0.15) is 18.5 Å². The highest BCUT2D eigenvalue weighted by molar-refractivity contribution is 5.45. The van der Waals surface area contributed by atoms with E-state index in [0.717, 1.165) is 17.7 Å². The van der Waals surface area contributed by atoms with Crippen molar-refractivity contribution in [1.82, 2.24) is 0 Å². The molecule has 0 radical (unpaired) electrons. The van der Waals surface area contributed by atoms with Gasteiger partial charge in [-0.1, -0.05) is 25.1 Å². The van der Waals surface area contributed by atoms with E-state index in [1.807, 2.05) is 30.3 Å². The summed E-state index contributed by atoms with van der Waals surface area (Å²) < 4.78 is 16.2. The van der Waals surface area contributed by atoms with Crippen molar-refractivity contribution in [2.24, 2.45) is 0 Å². The first-order chi connectivity index (χ1) is 10.3. The molecule has 1 aliphatic heterocycles. The predicted octanol–water partition coefficient (Wildman–Crippen LogP) is 3.09. The normalized spacial score (nSPS) is 14.0. The van der Waals surface area contributed by atoms with E-state index in [4.69, 9.17) is 14.2 Å². The van der Waals surface area contributed by atoms with Crippen LogP contribution in [-0.4, -0.2) is 18.5 Å². The summed E-state index contributed by atoms with van der Waals surface area (Å²) in [6, 6.07) is 13.3. The van der Waals surface area contributed by atoms with Crippen LogP contribution in [0.3, 0.4) is 0 Å². The molecule has 4 heteroatoms. The minimum Gasteiger partial charge on any atom is -0.491 e. The van der Waals surface area contributed by atoms with Crippen LogP contribution in [0, 0.1) is 0 Å². The minimum absolute atomic E-state index is 0.200. The van der Waals surface area contributed by atoms with E-state index in [9.17, 15) is 5.11 Å². The molecule has 1 aliphatic rings. The molecule has 1 heterocycles. The quantitative estimate of drug-likeness (QED) is 0.917. The second kappa shape index (κ2) is 6.06. The number of fused-ring (bicyclic) bond motifs is 1. The molecule has 0 aromatic heterocycles. The van der Waals surface area contributed by atoms with Gasteiger partial charge in [0.15, 0.2) is 11.5 Å². The van der Waals surface area contributed by atoms with Gasteiger partial charge in [-0.25, -0.2) is 0 Å². The first-order valence-electron chi connectivity index (χ1n) is 7.05. The van der Waals surface area contributed by atoms with Gasteiger partial charge in [0.05, 0.1) is 0 Å². The second-order valence-electron chi connectivity index (χ2n) is 4.94. The van der Waals surface area contributed by atoms with Gasteiger partial charge in [0.25, 0.3) is 0 Å². The number of rotatable bonds is 5. The SMILES string of the molecule is CCc1ccc(OCC(O)c2ccc3c(c2)OCO3)cc1. The van der Waals surface area contributed by atoms with Crippen molar-refractivity contribution in [1.29, 1.82) is 0 Å². The molecule has 1 N–H and O–H groups in total. The van der Waals surface area contributed by atoms with E-state index >= 15 is 0 Å². The number of hydrogen-bond acceptors (Lipinski definition) is 4. The highest BCUT2D eigenvalue weighted by Gasteiger charge is 2.16. The van der Waals surface area contributed by atoms with Crippen LogP contribution in [0.25, 0.3) is 0 Å². The highest BCUT2D eigenvalue weighted by atomic mass is 16.7. The molecule has 0 saturated carbocycles. The van der Waals surface area contributed by atoms with Crippen LogP contribution < -0.4 is 14.2 Å². The van der Waals surface area contributed by atoms with E-state index in [1.54, 1.807) is 12.1 Å². The fourth-order valence-electron chi connectivity index (χ4n) is 2.21. The third-order valence-corrected chi connectivity index (χ3v) is 3.52. The molecule has 2 aromatic rings. The second-order valence-corrected chi connectivity index (χ2v) is 4.94. The van der Waals surface area contributed by atoms with Gasteiger partial charge in [-0.3, -0.25) is 0 Å². The van der Waals surface area contributed by atoms with Crippen LogP contribution >= 0.6 is 0 Å². The summed E-state index contributed by atoms with van der Waals surface area (Å²) in [6.45, 7) is 2.54. The molecule has 0 saturated heterocycles. The molecular formula is C17H18O4. The number of aryl methyl sites for hydroxylation is 1. The Labute approximate surface area is 123 Å². The number of ether oxygens (including phenoxy) is 3. The molecule has 3 rings (SSSR count). The third-order valence-electron chi connectivity index (χ3n) is 3.52. The summed E-state index contributed by atoms with van der Waals surface area (Å²) in [6.07, 6.45) is 0.297. The molecule has 0 fully saturated rings. The van der Waals surface area contributed by atoms with Gasteiger partial charge >= 0.3 is 0 Å². The van der Waals surface area contributed by atoms with Gasteiger partial charge in [0.2, 0.25) is 6.79 Å². The Bertz CT molecular complexity index is 607. The lowest BCUT2D eigenvalue weighted by Gasteiger charge is -2.13. The van der Waals surface area contributed by atoms with Crippen LogP contribution in [0.5, 0.6) is 17.2 Å². The molecule has 2 aromatic carbocycles. The number of hydrogen-bond donors (Lipinski definition) is 1. The number of aliphatic hydroxyl groups is 1. The van der Waals surface area contributed by atoms with E-state index < -0.39 is 6.10 Å². The Hall–Kier alpha value is -2.20. The lowest BCUT2D eigenvalue weighted by molar-refractivity contribution is 0.108.